The molecule has 0 spiro atoms. The van der Waals surface area contributed by atoms with Gasteiger partial charge in [0.25, 0.3) is 0 Å². The van der Waals surface area contributed by atoms with Gasteiger partial charge in [-0.1, -0.05) is 12.0 Å². The predicted octanol–water partition coefficient (Wildman–Crippen LogP) is 3.08. The number of carbonyl (C=O) groups is 2. The summed E-state index contributed by atoms with van der Waals surface area (Å²) in [7, 11) is -3.72. The van der Waals surface area contributed by atoms with E-state index in [4.69, 9.17) is 11.2 Å². The number of ether oxygens (including phenoxy) is 1. The van der Waals surface area contributed by atoms with Crippen LogP contribution < -0.4 is 4.72 Å². The summed E-state index contributed by atoms with van der Waals surface area (Å²) in [4.78, 5) is 24.3. The smallest absolute Gasteiger partial charge is 0.338 e. The Hall–Kier alpha value is -2.95. The summed E-state index contributed by atoms with van der Waals surface area (Å²) < 4.78 is 31.7. The van der Waals surface area contributed by atoms with Crippen molar-refractivity contribution in [3.8, 4) is 12.3 Å². The average Bonchev–Trinajstić information content (AvgIpc) is 2.65. The number of sulfonamides is 1. The van der Waals surface area contributed by atoms with Crippen molar-refractivity contribution in [2.75, 3.05) is 6.54 Å². The Morgan fingerprint density at radius 2 is 1.72 bits per heavy atom. The van der Waals surface area contributed by atoms with E-state index in [1.807, 2.05) is 26.8 Å². The van der Waals surface area contributed by atoms with Crippen LogP contribution >= 0.6 is 0 Å². The fraction of sp³-hybridized carbons (Fsp3) is 0.273. The topological polar surface area (TPSA) is 89.5 Å². The summed E-state index contributed by atoms with van der Waals surface area (Å²) in [5.74, 6) is 1.57. The van der Waals surface area contributed by atoms with Crippen LogP contribution in [-0.4, -0.2) is 26.7 Å². The van der Waals surface area contributed by atoms with Crippen molar-refractivity contribution in [1.29, 1.82) is 0 Å². The molecule has 0 aliphatic carbocycles. The Morgan fingerprint density at radius 1 is 1.10 bits per heavy atom. The SMILES string of the molecule is C#CCNS(=O)(=O)c1ccc(C(=O)OCc2c(C)cc(C)c(C(C)=O)c2C)cc1. The minimum atomic E-state index is -3.72. The number of nitrogens with one attached hydrogen (secondary N) is 1. The molecule has 0 atom stereocenters. The van der Waals surface area contributed by atoms with Crippen molar-refractivity contribution < 1.29 is 22.7 Å². The average molecular weight is 413 g/mol. The highest BCUT2D eigenvalue weighted by molar-refractivity contribution is 7.89. The van der Waals surface area contributed by atoms with E-state index in [0.29, 0.717) is 5.56 Å². The zero-order chi connectivity index (χ0) is 21.8. The van der Waals surface area contributed by atoms with Crippen molar-refractivity contribution in [2.24, 2.45) is 0 Å². The largest absolute Gasteiger partial charge is 0.457 e. The van der Waals surface area contributed by atoms with Crippen molar-refractivity contribution in [2.45, 2.75) is 39.2 Å². The number of aryl methyl sites for hydroxylation is 2. The highest BCUT2D eigenvalue weighted by atomic mass is 32.2. The van der Waals surface area contributed by atoms with Crippen LogP contribution in [0.3, 0.4) is 0 Å². The van der Waals surface area contributed by atoms with Gasteiger partial charge < -0.3 is 4.74 Å². The second kappa shape index (κ2) is 9.03. The van der Waals surface area contributed by atoms with E-state index >= 15 is 0 Å². The lowest BCUT2D eigenvalue weighted by molar-refractivity contribution is 0.0471. The number of ketones is 1. The number of benzene rings is 2. The number of carbonyl (C=O) groups excluding carboxylic acids is 2. The fourth-order valence-corrected chi connectivity index (χ4v) is 4.14. The van der Waals surface area contributed by atoms with Crippen molar-refractivity contribution in [3.05, 3.63) is 63.7 Å². The van der Waals surface area contributed by atoms with E-state index in [2.05, 4.69) is 10.6 Å². The van der Waals surface area contributed by atoms with Gasteiger partial charge in [-0.05, 0) is 74.2 Å². The number of Topliss-reactive ketones (excluding diaryl/α,β-unsaturated/α-hetero) is 1. The minimum absolute atomic E-state index is 0.000577. The van der Waals surface area contributed by atoms with Gasteiger partial charge in [-0.2, -0.15) is 4.72 Å². The van der Waals surface area contributed by atoms with Gasteiger partial charge >= 0.3 is 5.97 Å². The van der Waals surface area contributed by atoms with Crippen molar-refractivity contribution in [3.63, 3.8) is 0 Å². The molecule has 0 aromatic heterocycles. The first-order chi connectivity index (χ1) is 13.6. The third-order valence-electron chi connectivity index (χ3n) is 4.60. The molecule has 1 N–H and O–H groups in total. The van der Waals surface area contributed by atoms with E-state index in [1.165, 1.54) is 31.2 Å². The van der Waals surface area contributed by atoms with Gasteiger partial charge in [0, 0.05) is 5.56 Å². The summed E-state index contributed by atoms with van der Waals surface area (Å²) in [6.45, 7) is 7.01. The molecule has 0 aliphatic heterocycles. The standard InChI is InChI=1S/C22H23NO5S/c1-6-11-23-29(26,27)19-9-7-18(8-10-19)22(25)28-13-20-14(2)12-15(3)21(16(20)4)17(5)24/h1,7-10,12,23H,11,13H2,2-5H3. The molecule has 6 nitrogen and oxygen atoms in total. The Labute approximate surface area is 171 Å². The van der Waals surface area contributed by atoms with E-state index in [0.717, 1.165) is 22.3 Å². The number of hydrogen-bond acceptors (Lipinski definition) is 5. The van der Waals surface area contributed by atoms with Crippen LogP contribution in [0.25, 0.3) is 0 Å². The zero-order valence-corrected chi connectivity index (χ0v) is 17.6. The van der Waals surface area contributed by atoms with Gasteiger partial charge in [0.1, 0.15) is 6.61 Å². The number of terminal acetylenes is 1. The lowest BCUT2D eigenvalue weighted by atomic mass is 9.92. The normalized spacial score (nSPS) is 11.0. The lowest BCUT2D eigenvalue weighted by Crippen LogP contribution is -2.23. The van der Waals surface area contributed by atoms with Gasteiger partial charge in [-0.15, -0.1) is 6.42 Å². The van der Waals surface area contributed by atoms with Gasteiger partial charge in [-0.3, -0.25) is 4.79 Å². The monoisotopic (exact) mass is 413 g/mol. The van der Waals surface area contributed by atoms with Crippen LogP contribution in [0.2, 0.25) is 0 Å². The molecule has 0 bridgehead atoms. The first-order valence-corrected chi connectivity index (χ1v) is 10.4. The van der Waals surface area contributed by atoms with Crippen LogP contribution in [0.1, 0.15) is 49.9 Å². The summed E-state index contributed by atoms with van der Waals surface area (Å²) >= 11 is 0. The molecule has 2 rings (SSSR count). The molecule has 0 saturated carbocycles. The van der Waals surface area contributed by atoms with Gasteiger partial charge in [0.15, 0.2) is 5.78 Å². The summed E-state index contributed by atoms with van der Waals surface area (Å²) in [6.07, 6.45) is 5.06. The van der Waals surface area contributed by atoms with E-state index < -0.39 is 16.0 Å². The van der Waals surface area contributed by atoms with Gasteiger partial charge in [0.05, 0.1) is 17.0 Å². The quantitative estimate of drug-likeness (QED) is 0.428. The lowest BCUT2D eigenvalue weighted by Gasteiger charge is -2.16. The molecule has 0 amide bonds. The predicted molar refractivity (Wildman–Crippen MR) is 110 cm³/mol. The van der Waals surface area contributed by atoms with E-state index in [1.54, 1.807) is 0 Å². The molecule has 29 heavy (non-hydrogen) atoms. The van der Waals surface area contributed by atoms with E-state index in [9.17, 15) is 18.0 Å². The molecule has 0 unspecified atom stereocenters. The second-order valence-corrected chi connectivity index (χ2v) is 8.44. The molecule has 0 radical (unpaired) electrons. The molecule has 152 valence electrons. The Morgan fingerprint density at radius 3 is 2.28 bits per heavy atom. The van der Waals surface area contributed by atoms with Crippen LogP contribution in [0.5, 0.6) is 0 Å². The second-order valence-electron chi connectivity index (χ2n) is 6.67. The molecular formula is C22H23NO5S. The van der Waals surface area contributed by atoms with Crippen LogP contribution in [0.4, 0.5) is 0 Å². The number of esters is 1. The third kappa shape index (κ3) is 5.11. The Balaban J connectivity index is 2.18. The van der Waals surface area contributed by atoms with Crippen molar-refractivity contribution in [1.82, 2.24) is 4.72 Å². The highest BCUT2D eigenvalue weighted by Crippen LogP contribution is 2.24. The fourth-order valence-electron chi connectivity index (χ4n) is 3.20. The highest BCUT2D eigenvalue weighted by Gasteiger charge is 2.17. The Bertz CT molecular complexity index is 1090. The molecule has 2 aromatic rings. The number of hydrogen-bond donors (Lipinski definition) is 1. The first kappa shape index (κ1) is 22.3. The molecule has 2 aromatic carbocycles. The van der Waals surface area contributed by atoms with Crippen molar-refractivity contribution >= 4 is 21.8 Å². The molecule has 0 fully saturated rings. The first-order valence-electron chi connectivity index (χ1n) is 8.89. The van der Waals surface area contributed by atoms with Gasteiger partial charge in [-0.25, -0.2) is 13.2 Å². The van der Waals surface area contributed by atoms with Crippen LogP contribution in [-0.2, 0) is 21.4 Å². The van der Waals surface area contributed by atoms with Crippen LogP contribution in [0.15, 0.2) is 35.2 Å². The van der Waals surface area contributed by atoms with Gasteiger partial charge in [0.2, 0.25) is 10.0 Å². The third-order valence-corrected chi connectivity index (χ3v) is 6.01. The Kier molecular flexibility index (Phi) is 6.96. The minimum Gasteiger partial charge on any atom is -0.457 e. The maximum Gasteiger partial charge on any atom is 0.338 e. The molecule has 0 aliphatic rings. The molecule has 7 heteroatoms. The van der Waals surface area contributed by atoms with Crippen LogP contribution in [0, 0.1) is 33.1 Å². The molecular weight excluding hydrogens is 390 g/mol. The van der Waals surface area contributed by atoms with E-state index in [-0.39, 0.29) is 29.4 Å². The number of rotatable bonds is 7. The summed E-state index contributed by atoms with van der Waals surface area (Å²) in [5, 5.41) is 0. The maximum atomic E-state index is 12.4. The molecule has 0 heterocycles. The maximum absolute atomic E-state index is 12.4. The summed E-state index contributed by atoms with van der Waals surface area (Å²) in [5.41, 5.74) is 4.25. The summed E-state index contributed by atoms with van der Waals surface area (Å²) in [6, 6.07) is 7.28. The zero-order valence-electron chi connectivity index (χ0n) is 16.8. The molecule has 0 saturated heterocycles.